The van der Waals surface area contributed by atoms with Crippen LogP contribution < -0.4 is 10.5 Å². The van der Waals surface area contributed by atoms with Gasteiger partial charge in [-0.15, -0.1) is 0 Å². The molecule has 0 unspecified atom stereocenters. The van der Waals surface area contributed by atoms with E-state index < -0.39 is 10.0 Å². The molecular weight excluding hydrogens is 290 g/mol. The number of nitrogens with one attached hydrogen (secondary N) is 1. The molecule has 1 heterocycles. The van der Waals surface area contributed by atoms with Crippen LogP contribution in [0.15, 0.2) is 27.6 Å². The van der Waals surface area contributed by atoms with Crippen LogP contribution >= 0.6 is 0 Å². The van der Waals surface area contributed by atoms with Crippen molar-refractivity contribution in [3.8, 4) is 0 Å². The summed E-state index contributed by atoms with van der Waals surface area (Å²) in [6, 6.07) is 4.76. The molecule has 7 heteroatoms. The molecule has 0 atom stereocenters. The summed E-state index contributed by atoms with van der Waals surface area (Å²) in [5, 5.41) is 3.90. The van der Waals surface area contributed by atoms with Gasteiger partial charge in [-0.2, -0.15) is 0 Å². The molecule has 0 saturated carbocycles. The molecule has 0 saturated heterocycles. The molecule has 2 rings (SSSR count). The number of benzene rings is 1. The Morgan fingerprint density at radius 1 is 1.29 bits per heavy atom. The zero-order chi connectivity index (χ0) is 15.6. The fourth-order valence-electron chi connectivity index (χ4n) is 2.15. The van der Waals surface area contributed by atoms with Crippen molar-refractivity contribution in [2.75, 3.05) is 10.5 Å². The molecule has 0 fully saturated rings. The summed E-state index contributed by atoms with van der Waals surface area (Å²) < 4.78 is 32.6. The number of hydrogen-bond donors (Lipinski definition) is 2. The number of aromatic nitrogens is 1. The topological polar surface area (TPSA) is 98.2 Å². The van der Waals surface area contributed by atoms with Crippen LogP contribution in [-0.2, 0) is 22.9 Å². The standard InChI is InChI=1S/C14H19N3O3S/c1-4-11-12(5-2)16-20-14(11)17-21(18,19)13-8-10(15)7-6-9(13)3/h6-8,17H,4-5,15H2,1-3H3. The lowest BCUT2D eigenvalue weighted by molar-refractivity contribution is 0.427. The fourth-order valence-corrected chi connectivity index (χ4v) is 3.45. The fraction of sp³-hybridized carbons (Fsp3) is 0.357. The van der Waals surface area contributed by atoms with E-state index in [0.717, 1.165) is 11.3 Å². The van der Waals surface area contributed by atoms with Gasteiger partial charge < -0.3 is 10.3 Å². The number of rotatable bonds is 5. The van der Waals surface area contributed by atoms with Gasteiger partial charge in [-0.1, -0.05) is 25.1 Å². The smallest absolute Gasteiger partial charge is 0.264 e. The minimum absolute atomic E-state index is 0.138. The summed E-state index contributed by atoms with van der Waals surface area (Å²) in [5.74, 6) is 0.177. The second-order valence-corrected chi connectivity index (χ2v) is 6.43. The van der Waals surface area contributed by atoms with Gasteiger partial charge in [0.2, 0.25) is 5.88 Å². The Labute approximate surface area is 124 Å². The lowest BCUT2D eigenvalue weighted by atomic mass is 10.1. The molecule has 0 aliphatic heterocycles. The van der Waals surface area contributed by atoms with E-state index in [1.807, 2.05) is 13.8 Å². The van der Waals surface area contributed by atoms with Crippen molar-refractivity contribution >= 4 is 21.6 Å². The third kappa shape index (κ3) is 3.02. The molecule has 0 aliphatic rings. The first-order chi connectivity index (χ1) is 9.89. The monoisotopic (exact) mass is 309 g/mol. The molecule has 21 heavy (non-hydrogen) atoms. The number of hydrogen-bond acceptors (Lipinski definition) is 5. The van der Waals surface area contributed by atoms with Crippen LogP contribution in [0.1, 0.15) is 30.7 Å². The SMILES string of the molecule is CCc1noc(NS(=O)(=O)c2cc(N)ccc2C)c1CC. The number of nitrogens with two attached hydrogens (primary N) is 1. The van der Waals surface area contributed by atoms with E-state index in [9.17, 15) is 8.42 Å². The van der Waals surface area contributed by atoms with Crippen molar-refractivity contribution in [3.05, 3.63) is 35.0 Å². The van der Waals surface area contributed by atoms with Crippen LogP contribution in [0.2, 0.25) is 0 Å². The average Bonchev–Trinajstić information content (AvgIpc) is 2.82. The number of nitrogen functional groups attached to an aromatic ring is 1. The number of aryl methyl sites for hydroxylation is 2. The van der Waals surface area contributed by atoms with Gasteiger partial charge in [-0.3, -0.25) is 0 Å². The van der Waals surface area contributed by atoms with Crippen molar-refractivity contribution in [1.82, 2.24) is 5.16 Å². The Morgan fingerprint density at radius 3 is 2.62 bits per heavy atom. The average molecular weight is 309 g/mol. The third-order valence-electron chi connectivity index (χ3n) is 3.29. The lowest BCUT2D eigenvalue weighted by Crippen LogP contribution is -2.15. The molecule has 0 amide bonds. The maximum atomic E-state index is 12.5. The van der Waals surface area contributed by atoms with Gasteiger partial charge >= 0.3 is 0 Å². The van der Waals surface area contributed by atoms with Crippen LogP contribution in [-0.4, -0.2) is 13.6 Å². The number of nitrogens with zero attached hydrogens (tertiary/aromatic N) is 1. The second-order valence-electron chi connectivity index (χ2n) is 4.77. The minimum Gasteiger partial charge on any atom is -0.399 e. The van der Waals surface area contributed by atoms with Gasteiger partial charge in [0.25, 0.3) is 10.0 Å². The summed E-state index contributed by atoms with van der Waals surface area (Å²) in [4.78, 5) is 0.138. The number of anilines is 2. The van der Waals surface area contributed by atoms with Crippen LogP contribution in [0, 0.1) is 6.92 Å². The summed E-state index contributed by atoms with van der Waals surface area (Å²) in [6.45, 7) is 5.58. The Morgan fingerprint density at radius 2 is 2.00 bits per heavy atom. The zero-order valence-corrected chi connectivity index (χ0v) is 13.1. The van der Waals surface area contributed by atoms with E-state index in [1.54, 1.807) is 19.1 Å². The van der Waals surface area contributed by atoms with E-state index in [-0.39, 0.29) is 10.8 Å². The van der Waals surface area contributed by atoms with Crippen LogP contribution in [0.5, 0.6) is 0 Å². The van der Waals surface area contributed by atoms with Gasteiger partial charge in [0.05, 0.1) is 10.6 Å². The molecule has 6 nitrogen and oxygen atoms in total. The predicted molar refractivity (Wildman–Crippen MR) is 81.7 cm³/mol. The summed E-state index contributed by atoms with van der Waals surface area (Å²) in [6.07, 6.45) is 1.33. The molecule has 3 N–H and O–H groups in total. The Kier molecular flexibility index (Phi) is 4.22. The van der Waals surface area contributed by atoms with Crippen molar-refractivity contribution < 1.29 is 12.9 Å². The van der Waals surface area contributed by atoms with E-state index in [0.29, 0.717) is 24.1 Å². The minimum atomic E-state index is -3.76. The maximum absolute atomic E-state index is 12.5. The predicted octanol–water partition coefficient (Wildman–Crippen LogP) is 2.49. The highest BCUT2D eigenvalue weighted by Crippen LogP contribution is 2.26. The third-order valence-corrected chi connectivity index (χ3v) is 4.76. The van der Waals surface area contributed by atoms with Crippen LogP contribution in [0.3, 0.4) is 0 Å². The van der Waals surface area contributed by atoms with Gasteiger partial charge in [-0.05, 0) is 37.5 Å². The first-order valence-corrected chi connectivity index (χ1v) is 8.23. The quantitative estimate of drug-likeness (QED) is 0.827. The normalized spacial score (nSPS) is 11.6. The Bertz CT molecular complexity index is 751. The van der Waals surface area contributed by atoms with Gasteiger partial charge in [0.1, 0.15) is 0 Å². The molecule has 0 spiro atoms. The largest absolute Gasteiger partial charge is 0.399 e. The van der Waals surface area contributed by atoms with E-state index in [2.05, 4.69) is 9.88 Å². The first-order valence-electron chi connectivity index (χ1n) is 6.75. The van der Waals surface area contributed by atoms with Crippen molar-refractivity contribution in [1.29, 1.82) is 0 Å². The van der Waals surface area contributed by atoms with E-state index >= 15 is 0 Å². The molecule has 2 aromatic rings. The highest BCUT2D eigenvalue weighted by atomic mass is 32.2. The first kappa shape index (κ1) is 15.4. The zero-order valence-electron chi connectivity index (χ0n) is 12.3. The number of sulfonamides is 1. The van der Waals surface area contributed by atoms with Gasteiger partial charge in [-0.25, -0.2) is 13.1 Å². The Balaban J connectivity index is 2.42. The molecule has 1 aromatic heterocycles. The maximum Gasteiger partial charge on any atom is 0.264 e. The highest BCUT2D eigenvalue weighted by molar-refractivity contribution is 7.92. The Hall–Kier alpha value is -2.02. The molecule has 0 radical (unpaired) electrons. The summed E-state index contributed by atoms with van der Waals surface area (Å²) >= 11 is 0. The molecule has 0 aliphatic carbocycles. The van der Waals surface area contributed by atoms with Crippen molar-refractivity contribution in [2.24, 2.45) is 0 Å². The van der Waals surface area contributed by atoms with Crippen LogP contribution in [0.25, 0.3) is 0 Å². The molecular formula is C14H19N3O3S. The van der Waals surface area contributed by atoms with Crippen molar-refractivity contribution in [3.63, 3.8) is 0 Å². The van der Waals surface area contributed by atoms with Gasteiger partial charge in [0.15, 0.2) is 0 Å². The summed E-state index contributed by atoms with van der Waals surface area (Å²) in [5.41, 5.74) is 8.22. The van der Waals surface area contributed by atoms with Gasteiger partial charge in [0, 0.05) is 11.3 Å². The molecule has 1 aromatic carbocycles. The summed E-state index contributed by atoms with van der Waals surface area (Å²) in [7, 11) is -3.76. The van der Waals surface area contributed by atoms with E-state index in [4.69, 9.17) is 10.3 Å². The second kappa shape index (κ2) is 5.77. The lowest BCUT2D eigenvalue weighted by Gasteiger charge is -2.09. The van der Waals surface area contributed by atoms with Crippen LogP contribution in [0.4, 0.5) is 11.6 Å². The van der Waals surface area contributed by atoms with Crippen molar-refractivity contribution in [2.45, 2.75) is 38.5 Å². The highest BCUT2D eigenvalue weighted by Gasteiger charge is 2.22. The molecule has 114 valence electrons. The van der Waals surface area contributed by atoms with E-state index in [1.165, 1.54) is 6.07 Å². The molecule has 0 bridgehead atoms.